The Bertz CT molecular complexity index is 901. The van der Waals surface area contributed by atoms with E-state index in [-0.39, 0.29) is 10.8 Å². The normalized spacial score (nSPS) is 16.2. The molecule has 3 rings (SSSR count). The van der Waals surface area contributed by atoms with Gasteiger partial charge in [0, 0.05) is 11.9 Å². The van der Waals surface area contributed by atoms with Gasteiger partial charge in [-0.05, 0) is 55.3 Å². The van der Waals surface area contributed by atoms with Crippen LogP contribution in [0.3, 0.4) is 0 Å². The average molecular weight is 374 g/mol. The second kappa shape index (κ2) is 7.09. The summed E-state index contributed by atoms with van der Waals surface area (Å²) < 4.78 is 28.9. The Kier molecular flexibility index (Phi) is 5.02. The highest BCUT2D eigenvalue weighted by Crippen LogP contribution is 2.29. The molecule has 0 aliphatic heterocycles. The number of carbonyl (C=O) groups is 1. The van der Waals surface area contributed by atoms with Crippen molar-refractivity contribution in [1.82, 2.24) is 0 Å². The van der Waals surface area contributed by atoms with Crippen LogP contribution in [0.15, 0.2) is 53.4 Å². The number of rotatable bonds is 5. The maximum atomic E-state index is 12.3. The maximum absolute atomic E-state index is 12.3. The highest BCUT2D eigenvalue weighted by molar-refractivity contribution is 7.90. The Morgan fingerprint density at radius 2 is 1.73 bits per heavy atom. The molecule has 0 aromatic heterocycles. The number of hydrogen-bond donors (Lipinski definition) is 2. The van der Waals surface area contributed by atoms with Crippen molar-refractivity contribution < 1.29 is 17.9 Å². The molecule has 1 saturated carbocycles. The molecule has 0 heterocycles. The number of benzene rings is 2. The van der Waals surface area contributed by atoms with Crippen LogP contribution in [-0.4, -0.2) is 26.1 Å². The lowest BCUT2D eigenvalue weighted by atomic mass is 9.98. The van der Waals surface area contributed by atoms with Gasteiger partial charge >= 0.3 is 0 Å². The van der Waals surface area contributed by atoms with Gasteiger partial charge in [-0.2, -0.15) is 0 Å². The van der Waals surface area contributed by atoms with Crippen LogP contribution in [0.1, 0.15) is 25.7 Å². The van der Waals surface area contributed by atoms with E-state index in [9.17, 15) is 13.2 Å². The first-order valence-corrected chi connectivity index (χ1v) is 10.3. The standard InChI is InChI=1S/C19H22N2O4S/c1-26(23,24)17-6-4-5-16(13-17)25-15-9-7-14(8-10-15)21-18(22)19(20)11-2-3-12-19/h4-10,13H,2-3,11-12,20H2,1H3,(H,21,22). The first-order valence-electron chi connectivity index (χ1n) is 8.45. The number of nitrogens with two attached hydrogens (primary N) is 1. The van der Waals surface area contributed by atoms with Crippen molar-refractivity contribution in [3.05, 3.63) is 48.5 Å². The molecule has 0 unspecified atom stereocenters. The molecule has 0 radical (unpaired) electrons. The molecule has 1 aliphatic rings. The van der Waals surface area contributed by atoms with Crippen molar-refractivity contribution in [3.8, 4) is 11.5 Å². The van der Waals surface area contributed by atoms with Crippen LogP contribution in [0.25, 0.3) is 0 Å². The van der Waals surface area contributed by atoms with Crippen molar-refractivity contribution in [2.75, 3.05) is 11.6 Å². The van der Waals surface area contributed by atoms with E-state index in [0.717, 1.165) is 19.1 Å². The van der Waals surface area contributed by atoms with Crippen molar-refractivity contribution >= 4 is 21.4 Å². The fourth-order valence-corrected chi connectivity index (χ4v) is 3.66. The van der Waals surface area contributed by atoms with Gasteiger partial charge in [0.05, 0.1) is 10.4 Å². The molecule has 1 aliphatic carbocycles. The fourth-order valence-electron chi connectivity index (χ4n) is 3.00. The fraction of sp³-hybridized carbons (Fsp3) is 0.316. The maximum Gasteiger partial charge on any atom is 0.244 e. The number of carbonyl (C=O) groups excluding carboxylic acids is 1. The van der Waals surface area contributed by atoms with Crippen LogP contribution in [0.2, 0.25) is 0 Å². The van der Waals surface area contributed by atoms with E-state index in [4.69, 9.17) is 10.5 Å². The third kappa shape index (κ3) is 4.23. The minimum absolute atomic E-state index is 0.162. The topological polar surface area (TPSA) is 98.5 Å². The smallest absolute Gasteiger partial charge is 0.244 e. The van der Waals surface area contributed by atoms with Crippen molar-refractivity contribution in [2.45, 2.75) is 36.1 Å². The molecule has 138 valence electrons. The monoisotopic (exact) mass is 374 g/mol. The molecule has 26 heavy (non-hydrogen) atoms. The van der Waals surface area contributed by atoms with Gasteiger partial charge in [0.1, 0.15) is 11.5 Å². The van der Waals surface area contributed by atoms with Gasteiger partial charge in [0.2, 0.25) is 5.91 Å². The van der Waals surface area contributed by atoms with E-state index >= 15 is 0 Å². The summed E-state index contributed by atoms with van der Waals surface area (Å²) in [6, 6.07) is 13.2. The Balaban J connectivity index is 1.67. The molecule has 1 amide bonds. The lowest BCUT2D eigenvalue weighted by Crippen LogP contribution is -2.48. The SMILES string of the molecule is CS(=O)(=O)c1cccc(Oc2ccc(NC(=O)C3(N)CCCC3)cc2)c1. The number of amides is 1. The van der Waals surface area contributed by atoms with E-state index in [2.05, 4.69) is 5.32 Å². The third-order valence-corrected chi connectivity index (χ3v) is 5.64. The first kappa shape index (κ1) is 18.4. The second-order valence-corrected chi connectivity index (χ2v) is 8.71. The Hall–Kier alpha value is -2.38. The Morgan fingerprint density at radius 1 is 1.08 bits per heavy atom. The zero-order valence-corrected chi connectivity index (χ0v) is 15.4. The summed E-state index contributed by atoms with van der Waals surface area (Å²) >= 11 is 0. The summed E-state index contributed by atoms with van der Waals surface area (Å²) in [5, 5.41) is 2.85. The largest absolute Gasteiger partial charge is 0.457 e. The Labute approximate surface area is 153 Å². The van der Waals surface area contributed by atoms with E-state index in [1.807, 2.05) is 0 Å². The van der Waals surface area contributed by atoms with E-state index in [1.54, 1.807) is 36.4 Å². The summed E-state index contributed by atoms with van der Waals surface area (Å²) in [7, 11) is -3.29. The summed E-state index contributed by atoms with van der Waals surface area (Å²) in [5.41, 5.74) is 6.01. The van der Waals surface area contributed by atoms with Gasteiger partial charge in [0.15, 0.2) is 9.84 Å². The molecule has 6 nitrogen and oxygen atoms in total. The van der Waals surface area contributed by atoms with E-state index in [1.165, 1.54) is 12.1 Å². The van der Waals surface area contributed by atoms with Gasteiger partial charge in [-0.3, -0.25) is 4.79 Å². The summed E-state index contributed by atoms with van der Waals surface area (Å²) in [6.45, 7) is 0. The molecule has 0 bridgehead atoms. The number of nitrogens with one attached hydrogen (secondary N) is 1. The molecule has 3 N–H and O–H groups in total. The molecule has 2 aromatic carbocycles. The number of hydrogen-bond acceptors (Lipinski definition) is 5. The van der Waals surface area contributed by atoms with Gasteiger partial charge in [-0.25, -0.2) is 8.42 Å². The van der Waals surface area contributed by atoms with Crippen molar-refractivity contribution in [2.24, 2.45) is 5.73 Å². The van der Waals surface area contributed by atoms with Crippen molar-refractivity contribution in [3.63, 3.8) is 0 Å². The third-order valence-electron chi connectivity index (χ3n) is 4.53. The number of ether oxygens (including phenoxy) is 1. The Morgan fingerprint density at radius 3 is 2.35 bits per heavy atom. The molecule has 2 aromatic rings. The summed E-state index contributed by atoms with van der Waals surface area (Å²) in [6.07, 6.45) is 4.51. The van der Waals surface area contributed by atoms with Crippen LogP contribution >= 0.6 is 0 Å². The molecule has 1 fully saturated rings. The first-order chi connectivity index (χ1) is 12.3. The van der Waals surface area contributed by atoms with Crippen LogP contribution < -0.4 is 15.8 Å². The average Bonchev–Trinajstić information content (AvgIpc) is 3.04. The van der Waals surface area contributed by atoms with Gasteiger partial charge in [-0.1, -0.05) is 18.9 Å². The predicted molar refractivity (Wildman–Crippen MR) is 100 cm³/mol. The molecule has 0 saturated heterocycles. The van der Waals surface area contributed by atoms with Gasteiger partial charge in [-0.15, -0.1) is 0 Å². The zero-order valence-electron chi connectivity index (χ0n) is 14.6. The lowest BCUT2D eigenvalue weighted by molar-refractivity contribution is -0.121. The van der Waals surface area contributed by atoms with Crippen LogP contribution in [-0.2, 0) is 14.6 Å². The quantitative estimate of drug-likeness (QED) is 0.838. The van der Waals surface area contributed by atoms with Crippen LogP contribution in [0.4, 0.5) is 5.69 Å². The molecule has 0 spiro atoms. The lowest BCUT2D eigenvalue weighted by Gasteiger charge is -2.22. The number of sulfone groups is 1. The second-order valence-electron chi connectivity index (χ2n) is 6.69. The van der Waals surface area contributed by atoms with Crippen LogP contribution in [0.5, 0.6) is 11.5 Å². The number of anilines is 1. The highest BCUT2D eigenvalue weighted by atomic mass is 32.2. The van der Waals surface area contributed by atoms with Crippen molar-refractivity contribution in [1.29, 1.82) is 0 Å². The van der Waals surface area contributed by atoms with Crippen LogP contribution in [0, 0.1) is 0 Å². The van der Waals surface area contributed by atoms with E-state index in [0.29, 0.717) is 30.0 Å². The van der Waals surface area contributed by atoms with Gasteiger partial charge < -0.3 is 15.8 Å². The highest BCUT2D eigenvalue weighted by Gasteiger charge is 2.36. The molecule has 7 heteroatoms. The molecular formula is C19H22N2O4S. The predicted octanol–water partition coefficient (Wildman–Crippen LogP) is 3.09. The minimum Gasteiger partial charge on any atom is -0.457 e. The molecular weight excluding hydrogens is 352 g/mol. The van der Waals surface area contributed by atoms with E-state index < -0.39 is 15.4 Å². The zero-order chi connectivity index (χ0) is 18.8. The minimum atomic E-state index is -3.29. The van der Waals surface area contributed by atoms with Gasteiger partial charge in [0.25, 0.3) is 0 Å². The molecule has 0 atom stereocenters. The summed E-state index contributed by atoms with van der Waals surface area (Å²) in [4.78, 5) is 12.5. The summed E-state index contributed by atoms with van der Waals surface area (Å²) in [5.74, 6) is 0.804.